The van der Waals surface area contributed by atoms with Crippen molar-refractivity contribution in [3.05, 3.63) is 12.7 Å². The molecule has 0 radical (unpaired) electrons. The molecule has 0 aromatic heterocycles. The zero-order chi connectivity index (χ0) is 14.1. The molecule has 0 amide bonds. The fourth-order valence-corrected chi connectivity index (χ4v) is 2.19. The number of allylic oxidation sites excluding steroid dienone is 1. The van der Waals surface area contributed by atoms with Crippen LogP contribution in [0.25, 0.3) is 0 Å². The van der Waals surface area contributed by atoms with E-state index in [-0.39, 0.29) is 13.2 Å². The van der Waals surface area contributed by atoms with E-state index in [0.717, 1.165) is 32.1 Å². The van der Waals surface area contributed by atoms with Crippen LogP contribution in [-0.2, 0) is 9.47 Å². The number of rotatable bonds is 9. The molecule has 5 heteroatoms. The fraction of sp³-hybridized carbons (Fsp3) is 0.857. The van der Waals surface area contributed by atoms with Crippen LogP contribution in [0.15, 0.2) is 12.7 Å². The van der Waals surface area contributed by atoms with Crippen LogP contribution in [0.5, 0.6) is 0 Å². The van der Waals surface area contributed by atoms with Crippen molar-refractivity contribution in [2.45, 2.75) is 56.5 Å². The lowest BCUT2D eigenvalue weighted by atomic mass is 10.0. The maximum absolute atomic E-state index is 9.89. The molecular weight excluding hydrogens is 248 g/mol. The first kappa shape index (κ1) is 16.6. The summed E-state index contributed by atoms with van der Waals surface area (Å²) in [6.45, 7) is 4.00. The van der Waals surface area contributed by atoms with Gasteiger partial charge < -0.3 is 24.8 Å². The Hall–Kier alpha value is -0.460. The number of unbranched alkanes of at least 4 members (excludes halogenated alkanes) is 4. The second-order valence-corrected chi connectivity index (χ2v) is 4.94. The van der Waals surface area contributed by atoms with Gasteiger partial charge in [0.2, 0.25) is 0 Å². The molecule has 3 N–H and O–H groups in total. The summed E-state index contributed by atoms with van der Waals surface area (Å²) in [5.74, 6) is 0. The van der Waals surface area contributed by atoms with Gasteiger partial charge in [-0.15, -0.1) is 6.58 Å². The van der Waals surface area contributed by atoms with Crippen molar-refractivity contribution in [1.82, 2.24) is 0 Å². The van der Waals surface area contributed by atoms with Gasteiger partial charge in [-0.2, -0.15) is 0 Å². The van der Waals surface area contributed by atoms with E-state index >= 15 is 0 Å². The summed E-state index contributed by atoms with van der Waals surface area (Å²) in [6.07, 6.45) is 4.04. The molecule has 0 bridgehead atoms. The predicted molar refractivity (Wildman–Crippen MR) is 71.9 cm³/mol. The lowest BCUT2D eigenvalue weighted by Gasteiger charge is -2.37. The molecular formula is C14H26O5. The Kier molecular flexibility index (Phi) is 8.25. The van der Waals surface area contributed by atoms with E-state index in [9.17, 15) is 10.2 Å². The molecule has 0 saturated carbocycles. The molecule has 0 aliphatic carbocycles. The number of ether oxygens (including phenoxy) is 2. The maximum atomic E-state index is 9.89. The largest absolute Gasteiger partial charge is 0.394 e. The average molecular weight is 274 g/mol. The highest BCUT2D eigenvalue weighted by molar-refractivity contribution is 4.87. The van der Waals surface area contributed by atoms with Gasteiger partial charge in [-0.05, 0) is 19.3 Å². The third-order valence-electron chi connectivity index (χ3n) is 3.37. The smallest absolute Gasteiger partial charge is 0.114 e. The fourth-order valence-electron chi connectivity index (χ4n) is 2.19. The van der Waals surface area contributed by atoms with Crippen LogP contribution >= 0.6 is 0 Å². The van der Waals surface area contributed by atoms with E-state index < -0.39 is 24.4 Å². The van der Waals surface area contributed by atoms with Crippen LogP contribution in [0.1, 0.15) is 32.1 Å². The third kappa shape index (κ3) is 5.58. The second kappa shape index (κ2) is 9.44. The normalized spacial score (nSPS) is 31.3. The number of hydrogen-bond donors (Lipinski definition) is 3. The van der Waals surface area contributed by atoms with Gasteiger partial charge in [-0.1, -0.05) is 18.9 Å². The van der Waals surface area contributed by atoms with Gasteiger partial charge in [0.25, 0.3) is 0 Å². The van der Waals surface area contributed by atoms with Gasteiger partial charge in [0, 0.05) is 6.61 Å². The van der Waals surface area contributed by atoms with Crippen LogP contribution in [0.4, 0.5) is 0 Å². The highest BCUT2D eigenvalue weighted by atomic mass is 16.6. The van der Waals surface area contributed by atoms with Gasteiger partial charge >= 0.3 is 0 Å². The number of aliphatic hydroxyl groups is 3. The van der Waals surface area contributed by atoms with Crippen molar-refractivity contribution >= 4 is 0 Å². The van der Waals surface area contributed by atoms with Crippen molar-refractivity contribution < 1.29 is 24.8 Å². The third-order valence-corrected chi connectivity index (χ3v) is 3.37. The van der Waals surface area contributed by atoms with Gasteiger partial charge in [-0.25, -0.2) is 0 Å². The van der Waals surface area contributed by atoms with Gasteiger partial charge in [0.1, 0.15) is 24.4 Å². The van der Waals surface area contributed by atoms with Gasteiger partial charge in [0.15, 0.2) is 0 Å². The lowest BCUT2D eigenvalue weighted by molar-refractivity contribution is -0.210. The summed E-state index contributed by atoms with van der Waals surface area (Å²) in [5, 5.41) is 28.6. The minimum atomic E-state index is -0.977. The summed E-state index contributed by atoms with van der Waals surface area (Å²) in [6, 6.07) is 0. The van der Waals surface area contributed by atoms with Crippen molar-refractivity contribution in [1.29, 1.82) is 0 Å². The van der Waals surface area contributed by atoms with Gasteiger partial charge in [0.05, 0.1) is 13.2 Å². The minimum Gasteiger partial charge on any atom is -0.394 e. The van der Waals surface area contributed by atoms with Crippen molar-refractivity contribution in [3.63, 3.8) is 0 Å². The lowest BCUT2D eigenvalue weighted by Crippen LogP contribution is -2.55. The van der Waals surface area contributed by atoms with E-state index in [1.54, 1.807) is 0 Å². The second-order valence-electron chi connectivity index (χ2n) is 4.94. The Balaban J connectivity index is 2.17. The molecule has 5 nitrogen and oxygen atoms in total. The van der Waals surface area contributed by atoms with E-state index in [1.807, 2.05) is 6.08 Å². The van der Waals surface area contributed by atoms with Crippen LogP contribution in [0, 0.1) is 0 Å². The Bertz CT molecular complexity index is 246. The van der Waals surface area contributed by atoms with E-state index in [2.05, 4.69) is 6.58 Å². The Morgan fingerprint density at radius 1 is 1.21 bits per heavy atom. The van der Waals surface area contributed by atoms with E-state index in [1.165, 1.54) is 0 Å². The summed E-state index contributed by atoms with van der Waals surface area (Å²) in [7, 11) is 0. The SMILES string of the molecule is C=CCCCCCCO[C@@H]1[C@@H](O)[C@H](CO)OC[C@H]1O. The molecule has 1 aliphatic heterocycles. The zero-order valence-corrected chi connectivity index (χ0v) is 11.4. The standard InChI is InChI=1S/C14H26O5/c1-2-3-4-5-6-7-8-18-14-11(16)10-19-12(9-15)13(14)17/h2,11-17H,1,3-10H2/t11-,12+,13+,14+/m1/s1. The molecule has 1 fully saturated rings. The molecule has 1 saturated heterocycles. The van der Waals surface area contributed by atoms with Crippen LogP contribution < -0.4 is 0 Å². The summed E-state index contributed by atoms with van der Waals surface area (Å²) >= 11 is 0. The Morgan fingerprint density at radius 2 is 1.95 bits per heavy atom. The summed E-state index contributed by atoms with van der Waals surface area (Å²) in [5.41, 5.74) is 0. The molecule has 1 aliphatic rings. The first-order valence-corrected chi connectivity index (χ1v) is 7.01. The van der Waals surface area contributed by atoms with Crippen LogP contribution in [0.3, 0.4) is 0 Å². The minimum absolute atomic E-state index is 0.0896. The van der Waals surface area contributed by atoms with Gasteiger partial charge in [-0.3, -0.25) is 0 Å². The molecule has 0 aromatic carbocycles. The number of hydrogen-bond acceptors (Lipinski definition) is 5. The Morgan fingerprint density at radius 3 is 2.63 bits per heavy atom. The van der Waals surface area contributed by atoms with E-state index in [0.29, 0.717) is 6.61 Å². The van der Waals surface area contributed by atoms with Crippen molar-refractivity contribution in [3.8, 4) is 0 Å². The predicted octanol–water partition coefficient (Wildman–Crippen LogP) is 0.621. The zero-order valence-electron chi connectivity index (χ0n) is 11.4. The monoisotopic (exact) mass is 274 g/mol. The first-order chi connectivity index (χ1) is 9.20. The molecule has 112 valence electrons. The average Bonchev–Trinajstić information content (AvgIpc) is 2.41. The highest BCUT2D eigenvalue weighted by Gasteiger charge is 2.38. The topological polar surface area (TPSA) is 79.2 Å². The molecule has 1 heterocycles. The molecule has 0 unspecified atom stereocenters. The number of aliphatic hydroxyl groups excluding tert-OH is 3. The van der Waals surface area contributed by atoms with Crippen LogP contribution in [-0.4, -0.2) is 59.6 Å². The van der Waals surface area contributed by atoms with Crippen molar-refractivity contribution in [2.75, 3.05) is 19.8 Å². The summed E-state index contributed by atoms with van der Waals surface area (Å²) < 4.78 is 10.6. The van der Waals surface area contributed by atoms with Crippen molar-refractivity contribution in [2.24, 2.45) is 0 Å². The van der Waals surface area contributed by atoms with E-state index in [4.69, 9.17) is 14.6 Å². The first-order valence-electron chi connectivity index (χ1n) is 7.01. The molecule has 0 aromatic rings. The maximum Gasteiger partial charge on any atom is 0.114 e. The molecule has 1 rings (SSSR count). The summed E-state index contributed by atoms with van der Waals surface area (Å²) in [4.78, 5) is 0. The van der Waals surface area contributed by atoms with Crippen LogP contribution in [0.2, 0.25) is 0 Å². The molecule has 4 atom stereocenters. The molecule has 0 spiro atoms. The quantitative estimate of drug-likeness (QED) is 0.424. The highest BCUT2D eigenvalue weighted by Crippen LogP contribution is 2.19. The Labute approximate surface area is 114 Å². The molecule has 19 heavy (non-hydrogen) atoms.